The van der Waals surface area contributed by atoms with Crippen molar-refractivity contribution in [1.29, 1.82) is 0 Å². The largest absolute Gasteiger partial charge is 0.454 e. The fourth-order valence-electron chi connectivity index (χ4n) is 4.19. The maximum absolute atomic E-state index is 13.6. The zero-order valence-corrected chi connectivity index (χ0v) is 22.4. The van der Waals surface area contributed by atoms with Gasteiger partial charge in [-0.25, -0.2) is 13.8 Å². The van der Waals surface area contributed by atoms with Crippen LogP contribution in [0.5, 0.6) is 0 Å². The van der Waals surface area contributed by atoms with E-state index in [1.54, 1.807) is 26.0 Å². The van der Waals surface area contributed by atoms with Crippen LogP contribution in [0.3, 0.4) is 0 Å². The number of pyridine rings is 1. The molecule has 1 aliphatic carbocycles. The summed E-state index contributed by atoms with van der Waals surface area (Å²) in [5.74, 6) is 4.73. The molecule has 1 N–H and O–H groups in total. The topological polar surface area (TPSA) is 59.4 Å². The minimum absolute atomic E-state index is 0.177. The number of carbonyl (C=O) groups excluding carboxylic acids is 1. The number of esters is 1. The summed E-state index contributed by atoms with van der Waals surface area (Å²) in [7, 11) is 0. The van der Waals surface area contributed by atoms with Gasteiger partial charge in [-0.2, -0.15) is 0 Å². The molecule has 39 heavy (non-hydrogen) atoms. The van der Waals surface area contributed by atoms with Crippen molar-refractivity contribution in [3.63, 3.8) is 0 Å². The smallest absolute Gasteiger partial charge is 0.306 e. The lowest BCUT2D eigenvalue weighted by Gasteiger charge is -2.22. The van der Waals surface area contributed by atoms with E-state index in [-0.39, 0.29) is 11.9 Å². The van der Waals surface area contributed by atoms with E-state index in [0.29, 0.717) is 28.9 Å². The Balaban J connectivity index is 1.35. The standard InChI is InChI=1S/C32H27F2NO3S/c1-32(2,37)26-16-23(10-13-30(26)39-19-38-31(36)15-21-6-7-21)22-5-3-4-20(14-22)8-11-25-12-9-24-17-27(33)28(34)18-29(24)35-25/h3-5,9-10,12-14,16-18,21,37H,6-7,15,19H2,1-2H3. The predicted octanol–water partition coefficient (Wildman–Crippen LogP) is 7.20. The van der Waals surface area contributed by atoms with Crippen molar-refractivity contribution in [1.82, 2.24) is 4.98 Å². The van der Waals surface area contributed by atoms with Crippen molar-refractivity contribution in [2.24, 2.45) is 5.92 Å². The number of halogens is 2. The maximum atomic E-state index is 13.6. The fourth-order valence-corrected chi connectivity index (χ4v) is 5.13. The normalized spacial score (nSPS) is 13.2. The molecule has 0 amide bonds. The number of aliphatic hydroxyl groups is 1. The number of hydrogen-bond donors (Lipinski definition) is 1. The van der Waals surface area contributed by atoms with Gasteiger partial charge >= 0.3 is 5.97 Å². The van der Waals surface area contributed by atoms with Crippen LogP contribution >= 0.6 is 11.8 Å². The molecule has 1 heterocycles. The molecule has 4 nitrogen and oxygen atoms in total. The van der Waals surface area contributed by atoms with Crippen molar-refractivity contribution in [3.05, 3.63) is 95.2 Å². The van der Waals surface area contributed by atoms with Crippen molar-refractivity contribution in [3.8, 4) is 23.0 Å². The third-order valence-electron chi connectivity index (χ3n) is 6.49. The van der Waals surface area contributed by atoms with E-state index in [1.807, 2.05) is 42.5 Å². The summed E-state index contributed by atoms with van der Waals surface area (Å²) >= 11 is 1.39. The molecule has 198 valence electrons. The van der Waals surface area contributed by atoms with Crippen LogP contribution in [-0.4, -0.2) is 22.0 Å². The molecule has 1 fully saturated rings. The SMILES string of the molecule is CC(C)(O)c1cc(-c2cccc(C#Cc3ccc4cc(F)c(F)cc4n3)c2)ccc1SCOC(=O)CC1CC1. The molecule has 0 unspecified atom stereocenters. The van der Waals surface area contributed by atoms with Crippen molar-refractivity contribution in [2.45, 2.75) is 43.6 Å². The van der Waals surface area contributed by atoms with Crippen LogP contribution in [0.1, 0.15) is 49.9 Å². The summed E-state index contributed by atoms with van der Waals surface area (Å²) in [6.45, 7) is 3.46. The van der Waals surface area contributed by atoms with Gasteiger partial charge in [-0.1, -0.05) is 35.9 Å². The molecule has 3 aromatic carbocycles. The van der Waals surface area contributed by atoms with Gasteiger partial charge in [-0.3, -0.25) is 4.79 Å². The molecule has 0 atom stereocenters. The first-order chi connectivity index (χ1) is 18.7. The van der Waals surface area contributed by atoms with E-state index in [9.17, 15) is 18.7 Å². The zero-order valence-electron chi connectivity index (χ0n) is 21.6. The Hall–Kier alpha value is -3.73. The third kappa shape index (κ3) is 6.83. The number of hydrogen-bond acceptors (Lipinski definition) is 5. The van der Waals surface area contributed by atoms with Crippen molar-refractivity contribution < 1.29 is 23.4 Å². The predicted molar refractivity (Wildman–Crippen MR) is 149 cm³/mol. The number of aromatic nitrogens is 1. The number of ether oxygens (including phenoxy) is 1. The molecule has 1 aromatic heterocycles. The summed E-state index contributed by atoms with van der Waals surface area (Å²) in [4.78, 5) is 17.1. The summed E-state index contributed by atoms with van der Waals surface area (Å²) in [6, 6.07) is 19.0. The Morgan fingerprint density at radius 2 is 1.79 bits per heavy atom. The summed E-state index contributed by atoms with van der Waals surface area (Å²) in [6.07, 6.45) is 2.68. The highest BCUT2D eigenvalue weighted by molar-refractivity contribution is 7.99. The number of rotatable bonds is 7. The average molecular weight is 544 g/mol. The zero-order chi connectivity index (χ0) is 27.6. The minimum atomic E-state index is -1.10. The molecule has 4 aromatic rings. The second-order valence-corrected chi connectivity index (χ2v) is 11.1. The highest BCUT2D eigenvalue weighted by atomic mass is 32.2. The maximum Gasteiger partial charge on any atom is 0.306 e. The Labute approximate surface area is 230 Å². The number of benzene rings is 3. The van der Waals surface area contributed by atoms with Gasteiger partial charge in [0.1, 0.15) is 11.6 Å². The molecule has 0 saturated heterocycles. The molecule has 0 spiro atoms. The van der Waals surface area contributed by atoms with Crippen LogP contribution in [0.15, 0.2) is 71.6 Å². The Morgan fingerprint density at radius 1 is 1.03 bits per heavy atom. The molecule has 7 heteroatoms. The Kier molecular flexibility index (Phi) is 7.69. The fraction of sp³-hybridized carbons (Fsp3) is 0.250. The second-order valence-electron chi connectivity index (χ2n) is 10.2. The van der Waals surface area contributed by atoms with E-state index in [2.05, 4.69) is 16.8 Å². The number of carbonyl (C=O) groups is 1. The first kappa shape index (κ1) is 26.9. The Bertz CT molecular complexity index is 1610. The molecule has 0 aliphatic heterocycles. The van der Waals surface area contributed by atoms with Gasteiger partial charge in [-0.05, 0) is 97.7 Å². The van der Waals surface area contributed by atoms with Gasteiger partial charge in [-0.15, -0.1) is 0 Å². The lowest BCUT2D eigenvalue weighted by Crippen LogP contribution is -2.17. The van der Waals surface area contributed by atoms with Crippen LogP contribution in [-0.2, 0) is 15.1 Å². The van der Waals surface area contributed by atoms with Gasteiger partial charge in [0, 0.05) is 28.3 Å². The molecule has 1 aliphatic rings. The van der Waals surface area contributed by atoms with E-state index >= 15 is 0 Å². The van der Waals surface area contributed by atoms with E-state index in [4.69, 9.17) is 4.74 Å². The van der Waals surface area contributed by atoms with Crippen molar-refractivity contribution >= 4 is 28.6 Å². The molecule has 1 saturated carbocycles. The number of fused-ring (bicyclic) bond motifs is 1. The highest BCUT2D eigenvalue weighted by Crippen LogP contribution is 2.36. The van der Waals surface area contributed by atoms with E-state index in [0.717, 1.165) is 52.1 Å². The van der Waals surface area contributed by atoms with Crippen LogP contribution in [0.4, 0.5) is 8.78 Å². The monoisotopic (exact) mass is 543 g/mol. The molecular formula is C32H27F2NO3S. The molecule has 0 radical (unpaired) electrons. The highest BCUT2D eigenvalue weighted by Gasteiger charge is 2.25. The number of nitrogens with zero attached hydrogens (tertiary/aromatic N) is 1. The van der Waals surface area contributed by atoms with Gasteiger partial charge in [0.2, 0.25) is 0 Å². The first-order valence-electron chi connectivity index (χ1n) is 12.7. The van der Waals surface area contributed by atoms with Gasteiger partial charge < -0.3 is 9.84 Å². The molecule has 0 bridgehead atoms. The van der Waals surface area contributed by atoms with Crippen LogP contribution in [0.25, 0.3) is 22.0 Å². The average Bonchev–Trinajstić information content (AvgIpc) is 3.72. The van der Waals surface area contributed by atoms with Gasteiger partial charge in [0.05, 0.1) is 11.1 Å². The summed E-state index contributed by atoms with van der Waals surface area (Å²) < 4.78 is 32.5. The lowest BCUT2D eigenvalue weighted by molar-refractivity contribution is -0.141. The molecule has 5 rings (SSSR count). The van der Waals surface area contributed by atoms with Crippen LogP contribution < -0.4 is 0 Å². The Morgan fingerprint density at radius 3 is 2.56 bits per heavy atom. The first-order valence-corrected chi connectivity index (χ1v) is 13.7. The van der Waals surface area contributed by atoms with Crippen LogP contribution in [0, 0.1) is 29.4 Å². The van der Waals surface area contributed by atoms with Gasteiger partial charge in [0.25, 0.3) is 0 Å². The molecular weight excluding hydrogens is 516 g/mol. The quantitative estimate of drug-likeness (QED) is 0.116. The lowest BCUT2D eigenvalue weighted by atomic mass is 9.93. The summed E-state index contributed by atoms with van der Waals surface area (Å²) in [5, 5.41) is 11.4. The summed E-state index contributed by atoms with van der Waals surface area (Å²) in [5.41, 5.74) is 3.01. The van der Waals surface area contributed by atoms with E-state index < -0.39 is 17.2 Å². The van der Waals surface area contributed by atoms with Gasteiger partial charge in [0.15, 0.2) is 11.6 Å². The van der Waals surface area contributed by atoms with E-state index in [1.165, 1.54) is 11.8 Å². The minimum Gasteiger partial charge on any atom is -0.454 e. The number of thioether (sulfide) groups is 1. The third-order valence-corrected chi connectivity index (χ3v) is 7.39. The van der Waals surface area contributed by atoms with Crippen LogP contribution in [0.2, 0.25) is 0 Å². The van der Waals surface area contributed by atoms with Crippen molar-refractivity contribution in [2.75, 3.05) is 5.94 Å². The second kappa shape index (κ2) is 11.2.